The summed E-state index contributed by atoms with van der Waals surface area (Å²) in [5.41, 5.74) is 1.77. The Morgan fingerprint density at radius 3 is 2.06 bits per heavy atom. The molecule has 18 heavy (non-hydrogen) atoms. The van der Waals surface area contributed by atoms with Gasteiger partial charge in [0.15, 0.2) is 0 Å². The van der Waals surface area contributed by atoms with Crippen LogP contribution < -0.4 is 5.32 Å². The van der Waals surface area contributed by atoms with E-state index in [2.05, 4.69) is 54.7 Å². The Hall–Kier alpha value is -0.580. The van der Waals surface area contributed by atoms with E-state index in [0.717, 1.165) is 9.13 Å². The molecule has 0 heterocycles. The van der Waals surface area contributed by atoms with Crippen molar-refractivity contribution < 1.29 is 4.79 Å². The lowest BCUT2D eigenvalue weighted by Crippen LogP contribution is -2.40. The van der Waals surface area contributed by atoms with Crippen LogP contribution in [0.1, 0.15) is 57.5 Å². The fourth-order valence-electron chi connectivity index (χ4n) is 1.57. The van der Waals surface area contributed by atoms with E-state index in [1.807, 2.05) is 32.9 Å². The summed E-state index contributed by atoms with van der Waals surface area (Å²) in [5, 5.41) is 3.00. The highest BCUT2D eigenvalue weighted by Crippen LogP contribution is 2.25. The number of rotatable bonds is 1. The van der Waals surface area contributed by atoms with Crippen LogP contribution in [-0.4, -0.2) is 11.4 Å². The molecule has 1 aromatic rings. The third kappa shape index (κ3) is 4.59. The molecule has 1 amide bonds. The van der Waals surface area contributed by atoms with Crippen molar-refractivity contribution in [1.29, 1.82) is 0 Å². The minimum Gasteiger partial charge on any atom is -0.347 e. The number of hydrogen-bond donors (Lipinski definition) is 1. The second-order valence-corrected chi connectivity index (χ2v) is 7.93. The third-order valence-corrected chi connectivity index (χ3v) is 3.14. The quantitative estimate of drug-likeness (QED) is 0.751. The fraction of sp³-hybridized carbons (Fsp3) is 0.533. The van der Waals surface area contributed by atoms with E-state index >= 15 is 0 Å². The van der Waals surface area contributed by atoms with E-state index in [-0.39, 0.29) is 16.9 Å². The molecule has 3 heteroatoms. The molecule has 0 saturated carbocycles. The van der Waals surface area contributed by atoms with Crippen LogP contribution >= 0.6 is 22.6 Å². The van der Waals surface area contributed by atoms with Crippen LogP contribution in [0.4, 0.5) is 0 Å². The van der Waals surface area contributed by atoms with Crippen molar-refractivity contribution in [1.82, 2.24) is 5.32 Å². The number of benzene rings is 1. The van der Waals surface area contributed by atoms with Crippen LogP contribution in [0.3, 0.4) is 0 Å². The molecule has 0 unspecified atom stereocenters. The zero-order valence-corrected chi connectivity index (χ0v) is 14.2. The van der Waals surface area contributed by atoms with Gasteiger partial charge in [0, 0.05) is 14.7 Å². The lowest BCUT2D eigenvalue weighted by Gasteiger charge is -2.23. The second kappa shape index (κ2) is 5.19. The lowest BCUT2D eigenvalue weighted by molar-refractivity contribution is 0.0919. The lowest BCUT2D eigenvalue weighted by atomic mass is 9.86. The van der Waals surface area contributed by atoms with Crippen LogP contribution in [-0.2, 0) is 5.41 Å². The molecule has 0 saturated heterocycles. The molecule has 0 atom stereocenters. The van der Waals surface area contributed by atoms with Gasteiger partial charge in [0.25, 0.3) is 5.91 Å². The van der Waals surface area contributed by atoms with E-state index in [0.29, 0.717) is 0 Å². The number of amides is 1. The van der Waals surface area contributed by atoms with Crippen LogP contribution in [0.5, 0.6) is 0 Å². The molecule has 0 spiro atoms. The van der Waals surface area contributed by atoms with Crippen LogP contribution in [0.25, 0.3) is 0 Å². The fourth-order valence-corrected chi connectivity index (χ4v) is 2.24. The molecule has 1 rings (SSSR count). The Kier molecular flexibility index (Phi) is 4.47. The van der Waals surface area contributed by atoms with Crippen molar-refractivity contribution in [2.24, 2.45) is 0 Å². The average Bonchev–Trinajstić information content (AvgIpc) is 2.12. The topological polar surface area (TPSA) is 29.1 Å². The summed E-state index contributed by atoms with van der Waals surface area (Å²) in [6, 6.07) is 6.05. The van der Waals surface area contributed by atoms with E-state index in [9.17, 15) is 4.79 Å². The predicted octanol–water partition coefficient (Wildman–Crippen LogP) is 4.12. The van der Waals surface area contributed by atoms with Crippen molar-refractivity contribution >= 4 is 28.5 Å². The largest absolute Gasteiger partial charge is 0.347 e. The first-order valence-corrected chi connectivity index (χ1v) is 7.20. The zero-order chi connectivity index (χ0) is 14.1. The van der Waals surface area contributed by atoms with Gasteiger partial charge in [-0.3, -0.25) is 4.79 Å². The Balaban J connectivity index is 3.11. The smallest absolute Gasteiger partial charge is 0.251 e. The first-order chi connectivity index (χ1) is 7.99. The summed E-state index contributed by atoms with van der Waals surface area (Å²) in [6.45, 7) is 12.4. The van der Waals surface area contributed by atoms with Crippen LogP contribution in [0.15, 0.2) is 18.2 Å². The van der Waals surface area contributed by atoms with Crippen molar-refractivity contribution in [3.05, 3.63) is 32.9 Å². The summed E-state index contributed by atoms with van der Waals surface area (Å²) in [4.78, 5) is 12.2. The molecule has 2 nitrogen and oxygen atoms in total. The molecular weight excluding hydrogens is 337 g/mol. The first kappa shape index (κ1) is 15.5. The summed E-state index contributed by atoms with van der Waals surface area (Å²) >= 11 is 2.26. The molecule has 0 fully saturated rings. The highest BCUT2D eigenvalue weighted by atomic mass is 127. The number of nitrogens with one attached hydrogen (secondary N) is 1. The van der Waals surface area contributed by atoms with Gasteiger partial charge in [-0.25, -0.2) is 0 Å². The summed E-state index contributed by atoms with van der Waals surface area (Å²) < 4.78 is 1.10. The zero-order valence-electron chi connectivity index (χ0n) is 12.0. The number of carbonyl (C=O) groups is 1. The predicted molar refractivity (Wildman–Crippen MR) is 85.1 cm³/mol. The van der Waals surface area contributed by atoms with Gasteiger partial charge in [-0.05, 0) is 72.5 Å². The van der Waals surface area contributed by atoms with Gasteiger partial charge >= 0.3 is 0 Å². The molecular formula is C15H22INO. The van der Waals surface area contributed by atoms with Gasteiger partial charge in [-0.2, -0.15) is 0 Å². The maximum atomic E-state index is 12.2. The standard InChI is InChI=1S/C15H22INO/c1-14(2,3)11-7-10(8-12(16)9-11)13(18)17-15(4,5)6/h7-9H,1-6H3,(H,17,18). The summed E-state index contributed by atoms with van der Waals surface area (Å²) in [5.74, 6) is -0.00786. The van der Waals surface area contributed by atoms with Gasteiger partial charge < -0.3 is 5.32 Å². The maximum Gasteiger partial charge on any atom is 0.251 e. The highest BCUT2D eigenvalue weighted by molar-refractivity contribution is 14.1. The first-order valence-electron chi connectivity index (χ1n) is 6.13. The molecule has 0 aliphatic heterocycles. The van der Waals surface area contributed by atoms with Gasteiger partial charge in [0.05, 0.1) is 0 Å². The number of carbonyl (C=O) groups excluding carboxylic acids is 1. The highest BCUT2D eigenvalue weighted by Gasteiger charge is 2.19. The Bertz CT molecular complexity index is 453. The minimum atomic E-state index is -0.208. The Morgan fingerprint density at radius 2 is 1.61 bits per heavy atom. The molecule has 1 aromatic carbocycles. The Morgan fingerprint density at radius 1 is 1.06 bits per heavy atom. The monoisotopic (exact) mass is 359 g/mol. The van der Waals surface area contributed by atoms with Crippen molar-refractivity contribution in [3.8, 4) is 0 Å². The van der Waals surface area contributed by atoms with Crippen molar-refractivity contribution in [2.75, 3.05) is 0 Å². The van der Waals surface area contributed by atoms with Gasteiger partial charge in [-0.15, -0.1) is 0 Å². The van der Waals surface area contributed by atoms with Crippen molar-refractivity contribution in [2.45, 2.75) is 52.5 Å². The summed E-state index contributed by atoms with van der Waals surface area (Å²) in [6.07, 6.45) is 0. The molecule has 1 N–H and O–H groups in total. The van der Waals surface area contributed by atoms with E-state index in [1.54, 1.807) is 0 Å². The van der Waals surface area contributed by atoms with Crippen molar-refractivity contribution in [3.63, 3.8) is 0 Å². The van der Waals surface area contributed by atoms with E-state index in [4.69, 9.17) is 0 Å². The van der Waals surface area contributed by atoms with Gasteiger partial charge in [0.1, 0.15) is 0 Å². The van der Waals surface area contributed by atoms with Gasteiger partial charge in [0.2, 0.25) is 0 Å². The molecule has 0 radical (unpaired) electrons. The third-order valence-electron chi connectivity index (χ3n) is 2.51. The Labute approximate surface area is 124 Å². The molecule has 0 aliphatic carbocycles. The van der Waals surface area contributed by atoms with Gasteiger partial charge in [-0.1, -0.05) is 20.8 Å². The molecule has 0 aromatic heterocycles. The van der Waals surface area contributed by atoms with Crippen LogP contribution in [0.2, 0.25) is 0 Å². The average molecular weight is 359 g/mol. The number of hydrogen-bond acceptors (Lipinski definition) is 1. The minimum absolute atomic E-state index is 0.00786. The maximum absolute atomic E-state index is 12.2. The SMILES string of the molecule is CC(C)(C)NC(=O)c1cc(I)cc(C(C)(C)C)c1. The second-order valence-electron chi connectivity index (χ2n) is 6.68. The normalized spacial score (nSPS) is 12.4. The molecule has 0 aliphatic rings. The summed E-state index contributed by atoms with van der Waals surface area (Å²) in [7, 11) is 0. The molecule has 0 bridgehead atoms. The van der Waals surface area contributed by atoms with E-state index < -0.39 is 0 Å². The number of halogens is 1. The van der Waals surface area contributed by atoms with E-state index in [1.165, 1.54) is 5.56 Å². The van der Waals surface area contributed by atoms with Crippen LogP contribution in [0, 0.1) is 3.57 Å². The molecule has 100 valence electrons.